The molecule has 0 aromatic heterocycles. The van der Waals surface area contributed by atoms with Gasteiger partial charge in [0.2, 0.25) is 5.91 Å². The number of carbonyl (C=O) groups is 2. The molecule has 20 heavy (non-hydrogen) atoms. The van der Waals surface area contributed by atoms with Crippen molar-refractivity contribution < 1.29 is 19.8 Å². The Balaban J connectivity index is 2.04. The third kappa shape index (κ3) is 1.58. The lowest BCUT2D eigenvalue weighted by Crippen LogP contribution is -2.64. The number of aliphatic hydroxyl groups is 1. The molecule has 4 N–H and O–H groups in total. The quantitative estimate of drug-likeness (QED) is 0.627. The molecule has 3 aliphatic rings. The Kier molecular flexibility index (Phi) is 3.10. The first kappa shape index (κ1) is 13.6. The normalized spacial score (nSPS) is 37.4. The van der Waals surface area contributed by atoms with E-state index in [1.807, 2.05) is 0 Å². The van der Waals surface area contributed by atoms with E-state index in [9.17, 15) is 19.8 Å². The number of carbonyl (C=O) groups excluding carboxylic acids is 1. The maximum absolute atomic E-state index is 12.2. The molecule has 2 aliphatic heterocycles. The van der Waals surface area contributed by atoms with E-state index < -0.39 is 18.0 Å². The van der Waals surface area contributed by atoms with E-state index in [0.29, 0.717) is 6.54 Å². The molecule has 2 fully saturated rings. The van der Waals surface area contributed by atoms with E-state index in [2.05, 4.69) is 0 Å². The molecule has 0 unspecified atom stereocenters. The van der Waals surface area contributed by atoms with Gasteiger partial charge in [0, 0.05) is 5.92 Å². The van der Waals surface area contributed by atoms with Gasteiger partial charge in [-0.15, -0.1) is 0 Å². The molecule has 1 aliphatic carbocycles. The van der Waals surface area contributed by atoms with E-state index in [4.69, 9.17) is 5.73 Å². The van der Waals surface area contributed by atoms with Crippen molar-refractivity contribution in [2.24, 2.45) is 23.5 Å². The van der Waals surface area contributed by atoms with E-state index in [1.54, 1.807) is 6.92 Å². The number of fused-ring (bicyclic) bond motifs is 3. The van der Waals surface area contributed by atoms with Crippen molar-refractivity contribution in [3.05, 3.63) is 11.3 Å². The SMILES string of the molecule is C[C@@H](O)[C@H]1C(=O)N2C(C(=O)O)=C3[C@@H](CN)CCC[C@@H]3[C@H]12. The zero-order valence-corrected chi connectivity index (χ0v) is 11.5. The minimum Gasteiger partial charge on any atom is -0.477 e. The zero-order valence-electron chi connectivity index (χ0n) is 11.5. The summed E-state index contributed by atoms with van der Waals surface area (Å²) < 4.78 is 0. The van der Waals surface area contributed by atoms with Crippen LogP contribution in [0.25, 0.3) is 0 Å². The van der Waals surface area contributed by atoms with Crippen LogP contribution in [-0.2, 0) is 9.59 Å². The van der Waals surface area contributed by atoms with Crippen LogP contribution in [0.4, 0.5) is 0 Å². The summed E-state index contributed by atoms with van der Waals surface area (Å²) in [6.45, 7) is 2.01. The fraction of sp³-hybridized carbons (Fsp3) is 0.714. The molecule has 0 aromatic carbocycles. The monoisotopic (exact) mass is 280 g/mol. The van der Waals surface area contributed by atoms with Gasteiger partial charge in [-0.25, -0.2) is 4.79 Å². The summed E-state index contributed by atoms with van der Waals surface area (Å²) in [7, 11) is 0. The van der Waals surface area contributed by atoms with Gasteiger partial charge in [-0.2, -0.15) is 0 Å². The molecule has 0 bridgehead atoms. The van der Waals surface area contributed by atoms with Crippen LogP contribution in [0.2, 0.25) is 0 Å². The average molecular weight is 280 g/mol. The van der Waals surface area contributed by atoms with Crippen LogP contribution in [0.5, 0.6) is 0 Å². The van der Waals surface area contributed by atoms with Crippen molar-refractivity contribution in [1.29, 1.82) is 0 Å². The van der Waals surface area contributed by atoms with Crippen molar-refractivity contribution in [2.75, 3.05) is 6.54 Å². The number of aliphatic carboxylic acids is 1. The van der Waals surface area contributed by atoms with Gasteiger partial charge in [0.15, 0.2) is 0 Å². The number of nitrogens with two attached hydrogens (primary N) is 1. The van der Waals surface area contributed by atoms with Crippen LogP contribution in [0.15, 0.2) is 11.3 Å². The molecule has 110 valence electrons. The highest BCUT2D eigenvalue weighted by molar-refractivity contribution is 6.00. The second-order valence-electron chi connectivity index (χ2n) is 6.04. The Morgan fingerprint density at radius 1 is 1.50 bits per heavy atom. The first-order chi connectivity index (χ1) is 9.49. The number of β-lactam (4-membered cyclic amide) rings is 1. The second kappa shape index (κ2) is 4.56. The first-order valence-electron chi connectivity index (χ1n) is 7.17. The standard InChI is InChI=1S/C14H20N2O4/c1-6(17)9-11-8-4-2-3-7(5-15)10(8)12(14(19)20)16(11)13(9)18/h6-9,11,17H,2-5,15H2,1H3,(H,19,20)/t6-,7-,8+,9-,11-/m1/s1. The molecule has 1 amide bonds. The average Bonchev–Trinajstić information content (AvgIpc) is 2.69. The summed E-state index contributed by atoms with van der Waals surface area (Å²) in [4.78, 5) is 25.1. The molecule has 6 heteroatoms. The summed E-state index contributed by atoms with van der Waals surface area (Å²) >= 11 is 0. The molecule has 1 saturated carbocycles. The van der Waals surface area contributed by atoms with Gasteiger partial charge in [-0.3, -0.25) is 4.79 Å². The van der Waals surface area contributed by atoms with Gasteiger partial charge in [0.1, 0.15) is 5.70 Å². The van der Waals surface area contributed by atoms with Crippen molar-refractivity contribution in [3.8, 4) is 0 Å². The minimum atomic E-state index is -1.05. The van der Waals surface area contributed by atoms with E-state index >= 15 is 0 Å². The van der Waals surface area contributed by atoms with Gasteiger partial charge in [0.25, 0.3) is 0 Å². The number of aliphatic hydroxyl groups excluding tert-OH is 1. The second-order valence-corrected chi connectivity index (χ2v) is 6.04. The summed E-state index contributed by atoms with van der Waals surface area (Å²) in [6.07, 6.45) is 2.01. The zero-order chi connectivity index (χ0) is 14.6. The highest BCUT2D eigenvalue weighted by Gasteiger charge is 2.61. The predicted octanol–water partition coefficient (Wildman–Crippen LogP) is -0.0785. The molecule has 0 spiro atoms. The highest BCUT2D eigenvalue weighted by Crippen LogP contribution is 2.53. The van der Waals surface area contributed by atoms with Gasteiger partial charge < -0.3 is 20.8 Å². The molecule has 0 aromatic rings. The summed E-state index contributed by atoms with van der Waals surface area (Å²) in [5.41, 5.74) is 6.76. The van der Waals surface area contributed by atoms with Crippen LogP contribution in [-0.4, -0.2) is 45.7 Å². The fourth-order valence-electron chi connectivity index (χ4n) is 4.25. The van der Waals surface area contributed by atoms with E-state index in [0.717, 1.165) is 24.8 Å². The van der Waals surface area contributed by atoms with Crippen LogP contribution in [0.3, 0.4) is 0 Å². The molecule has 2 heterocycles. The third-order valence-electron chi connectivity index (χ3n) is 5.03. The molecule has 6 nitrogen and oxygen atoms in total. The fourth-order valence-corrected chi connectivity index (χ4v) is 4.25. The third-order valence-corrected chi connectivity index (χ3v) is 5.03. The number of nitrogens with zero attached hydrogens (tertiary/aromatic N) is 1. The lowest BCUT2D eigenvalue weighted by molar-refractivity contribution is -0.163. The van der Waals surface area contributed by atoms with Crippen molar-refractivity contribution in [1.82, 2.24) is 4.90 Å². The van der Waals surface area contributed by atoms with E-state index in [1.165, 1.54) is 4.90 Å². The molecular weight excluding hydrogens is 260 g/mol. The number of hydrogen-bond donors (Lipinski definition) is 3. The molecule has 5 atom stereocenters. The summed E-state index contributed by atoms with van der Waals surface area (Å²) in [6, 6.07) is -0.182. The topological polar surface area (TPSA) is 104 Å². The summed E-state index contributed by atoms with van der Waals surface area (Å²) in [5, 5.41) is 19.3. The number of carboxylic acid groups (broad SMARTS) is 1. The van der Waals surface area contributed by atoms with Crippen molar-refractivity contribution >= 4 is 11.9 Å². The number of amides is 1. The van der Waals surface area contributed by atoms with Gasteiger partial charge in [-0.05, 0) is 37.8 Å². The maximum atomic E-state index is 12.2. The van der Waals surface area contributed by atoms with Crippen LogP contribution in [0, 0.1) is 17.8 Å². The van der Waals surface area contributed by atoms with Gasteiger partial charge in [0.05, 0.1) is 18.1 Å². The van der Waals surface area contributed by atoms with Crippen molar-refractivity contribution in [3.63, 3.8) is 0 Å². The molecule has 0 radical (unpaired) electrons. The van der Waals surface area contributed by atoms with Crippen LogP contribution >= 0.6 is 0 Å². The Morgan fingerprint density at radius 2 is 2.20 bits per heavy atom. The predicted molar refractivity (Wildman–Crippen MR) is 70.4 cm³/mol. The molecule has 1 saturated heterocycles. The van der Waals surface area contributed by atoms with Crippen molar-refractivity contribution in [2.45, 2.75) is 38.3 Å². The highest BCUT2D eigenvalue weighted by atomic mass is 16.4. The van der Waals surface area contributed by atoms with E-state index in [-0.39, 0.29) is 29.5 Å². The minimum absolute atomic E-state index is 0.0490. The van der Waals surface area contributed by atoms with Crippen LogP contribution < -0.4 is 5.73 Å². The van der Waals surface area contributed by atoms with Gasteiger partial charge in [-0.1, -0.05) is 6.42 Å². The first-order valence-corrected chi connectivity index (χ1v) is 7.17. The number of rotatable bonds is 3. The molecule has 3 rings (SSSR count). The molecular formula is C14H20N2O4. The lowest BCUT2D eigenvalue weighted by atomic mass is 9.69. The lowest BCUT2D eigenvalue weighted by Gasteiger charge is -2.47. The smallest absolute Gasteiger partial charge is 0.352 e. The number of carboxylic acids is 1. The van der Waals surface area contributed by atoms with Gasteiger partial charge >= 0.3 is 5.97 Å². The Bertz CT molecular complexity index is 499. The Labute approximate surface area is 117 Å². The Morgan fingerprint density at radius 3 is 2.75 bits per heavy atom. The summed E-state index contributed by atoms with van der Waals surface area (Å²) in [5.74, 6) is -1.68. The Hall–Kier alpha value is -1.40. The maximum Gasteiger partial charge on any atom is 0.352 e. The van der Waals surface area contributed by atoms with Crippen LogP contribution in [0.1, 0.15) is 26.2 Å². The largest absolute Gasteiger partial charge is 0.477 e. The number of hydrogen-bond acceptors (Lipinski definition) is 4.